The summed E-state index contributed by atoms with van der Waals surface area (Å²) in [5.74, 6) is 0.926. The lowest BCUT2D eigenvalue weighted by Gasteiger charge is -2.26. The standard InChI is InChI=1S/C16H23NO2/c1-5-16(2,3)18-11-13(17-4)15-10-12-8-6-7-9-14(12)19-15/h6-10,13,17H,5,11H2,1-4H3. The first-order chi connectivity index (χ1) is 9.05. The van der Waals surface area contributed by atoms with Crippen LogP contribution in [0.4, 0.5) is 0 Å². The van der Waals surface area contributed by atoms with Crippen LogP contribution in [0, 0.1) is 0 Å². The Bertz CT molecular complexity index is 497. The molecular weight excluding hydrogens is 238 g/mol. The molecule has 1 atom stereocenters. The number of nitrogens with one attached hydrogen (secondary N) is 1. The van der Waals surface area contributed by atoms with Gasteiger partial charge in [-0.05, 0) is 39.4 Å². The first-order valence-electron chi connectivity index (χ1n) is 6.85. The molecule has 0 amide bonds. The number of rotatable bonds is 6. The number of ether oxygens (including phenoxy) is 1. The van der Waals surface area contributed by atoms with E-state index in [-0.39, 0.29) is 11.6 Å². The predicted molar refractivity (Wildman–Crippen MR) is 78.3 cm³/mol. The normalized spacial score (nSPS) is 13.9. The van der Waals surface area contributed by atoms with Gasteiger partial charge in [0.1, 0.15) is 11.3 Å². The van der Waals surface area contributed by atoms with Crippen LogP contribution in [0.25, 0.3) is 11.0 Å². The van der Waals surface area contributed by atoms with Crippen molar-refractivity contribution in [1.82, 2.24) is 5.32 Å². The monoisotopic (exact) mass is 261 g/mol. The lowest BCUT2D eigenvalue weighted by Crippen LogP contribution is -2.29. The van der Waals surface area contributed by atoms with E-state index in [1.807, 2.05) is 25.2 Å². The average Bonchev–Trinajstić information content (AvgIpc) is 2.83. The first-order valence-corrected chi connectivity index (χ1v) is 6.85. The molecule has 1 aromatic heterocycles. The zero-order valence-electron chi connectivity index (χ0n) is 12.2. The molecule has 0 aliphatic rings. The van der Waals surface area contributed by atoms with E-state index >= 15 is 0 Å². The maximum absolute atomic E-state index is 5.96. The molecule has 1 unspecified atom stereocenters. The molecule has 2 aromatic rings. The Morgan fingerprint density at radius 1 is 1.32 bits per heavy atom. The van der Waals surface area contributed by atoms with Crippen molar-refractivity contribution < 1.29 is 9.15 Å². The van der Waals surface area contributed by atoms with Crippen LogP contribution in [-0.2, 0) is 4.74 Å². The molecular formula is C16H23NO2. The number of benzene rings is 1. The van der Waals surface area contributed by atoms with E-state index in [1.54, 1.807) is 0 Å². The fraction of sp³-hybridized carbons (Fsp3) is 0.500. The molecule has 0 fully saturated rings. The third-order valence-corrected chi connectivity index (χ3v) is 3.63. The van der Waals surface area contributed by atoms with Crippen LogP contribution in [0.1, 0.15) is 39.0 Å². The molecule has 1 N–H and O–H groups in total. The lowest BCUT2D eigenvalue weighted by atomic mass is 10.1. The van der Waals surface area contributed by atoms with Gasteiger partial charge in [-0.2, -0.15) is 0 Å². The third-order valence-electron chi connectivity index (χ3n) is 3.63. The minimum Gasteiger partial charge on any atom is -0.459 e. The van der Waals surface area contributed by atoms with E-state index in [1.165, 1.54) is 0 Å². The summed E-state index contributed by atoms with van der Waals surface area (Å²) in [6.07, 6.45) is 0.990. The number of para-hydroxylation sites is 1. The molecule has 0 bridgehead atoms. The minimum atomic E-state index is -0.0961. The van der Waals surface area contributed by atoms with Crippen molar-refractivity contribution in [1.29, 1.82) is 0 Å². The van der Waals surface area contributed by atoms with Crippen molar-refractivity contribution >= 4 is 11.0 Å². The van der Waals surface area contributed by atoms with Crippen LogP contribution in [0.15, 0.2) is 34.7 Å². The van der Waals surface area contributed by atoms with E-state index in [9.17, 15) is 0 Å². The van der Waals surface area contributed by atoms with Gasteiger partial charge in [0.05, 0.1) is 18.2 Å². The van der Waals surface area contributed by atoms with Crippen molar-refractivity contribution in [2.75, 3.05) is 13.7 Å². The second-order valence-electron chi connectivity index (χ2n) is 5.45. The molecule has 0 spiro atoms. The Morgan fingerprint density at radius 2 is 2.05 bits per heavy atom. The Morgan fingerprint density at radius 3 is 2.68 bits per heavy atom. The molecule has 0 saturated carbocycles. The van der Waals surface area contributed by atoms with Crippen LogP contribution in [0.5, 0.6) is 0 Å². The minimum absolute atomic E-state index is 0.0817. The van der Waals surface area contributed by atoms with E-state index in [4.69, 9.17) is 9.15 Å². The molecule has 0 aliphatic heterocycles. The van der Waals surface area contributed by atoms with Crippen molar-refractivity contribution in [3.8, 4) is 0 Å². The summed E-state index contributed by atoms with van der Waals surface area (Å²) >= 11 is 0. The summed E-state index contributed by atoms with van der Waals surface area (Å²) in [5, 5.41) is 4.39. The topological polar surface area (TPSA) is 34.4 Å². The first kappa shape index (κ1) is 14.1. The average molecular weight is 261 g/mol. The summed E-state index contributed by atoms with van der Waals surface area (Å²) in [6.45, 7) is 6.96. The van der Waals surface area contributed by atoms with Gasteiger partial charge in [0, 0.05) is 5.39 Å². The van der Waals surface area contributed by atoms with Gasteiger partial charge < -0.3 is 14.5 Å². The maximum atomic E-state index is 5.96. The second-order valence-corrected chi connectivity index (χ2v) is 5.45. The van der Waals surface area contributed by atoms with E-state index < -0.39 is 0 Å². The Kier molecular flexibility index (Phi) is 4.27. The van der Waals surface area contributed by atoms with E-state index in [0.29, 0.717) is 6.61 Å². The van der Waals surface area contributed by atoms with Gasteiger partial charge in [-0.15, -0.1) is 0 Å². The van der Waals surface area contributed by atoms with Crippen LogP contribution >= 0.6 is 0 Å². The Balaban J connectivity index is 2.13. The SMILES string of the molecule is CCC(C)(C)OCC(NC)c1cc2ccccc2o1. The Labute approximate surface area is 114 Å². The molecule has 2 rings (SSSR count). The number of furan rings is 1. The summed E-state index contributed by atoms with van der Waals surface area (Å²) in [4.78, 5) is 0. The fourth-order valence-electron chi connectivity index (χ4n) is 1.89. The Hall–Kier alpha value is -1.32. The van der Waals surface area contributed by atoms with Gasteiger partial charge >= 0.3 is 0 Å². The zero-order valence-corrected chi connectivity index (χ0v) is 12.2. The molecule has 3 heteroatoms. The highest BCUT2D eigenvalue weighted by Gasteiger charge is 2.20. The smallest absolute Gasteiger partial charge is 0.134 e. The van der Waals surface area contributed by atoms with Gasteiger partial charge in [-0.1, -0.05) is 25.1 Å². The molecule has 0 radical (unpaired) electrons. The number of hydrogen-bond donors (Lipinski definition) is 1. The van der Waals surface area contributed by atoms with Crippen molar-refractivity contribution in [3.63, 3.8) is 0 Å². The summed E-state index contributed by atoms with van der Waals surface area (Å²) in [6, 6.07) is 10.2. The van der Waals surface area contributed by atoms with Crippen LogP contribution in [0.2, 0.25) is 0 Å². The highest BCUT2D eigenvalue weighted by Crippen LogP contribution is 2.25. The van der Waals surface area contributed by atoms with Crippen molar-refractivity contribution in [2.24, 2.45) is 0 Å². The van der Waals surface area contributed by atoms with E-state index in [2.05, 4.69) is 38.2 Å². The van der Waals surface area contributed by atoms with Crippen LogP contribution in [-0.4, -0.2) is 19.3 Å². The highest BCUT2D eigenvalue weighted by molar-refractivity contribution is 5.77. The number of likely N-dealkylation sites (N-methyl/N-ethyl adjacent to an activating group) is 1. The molecule has 1 aromatic carbocycles. The molecule has 1 heterocycles. The van der Waals surface area contributed by atoms with Gasteiger partial charge in [-0.3, -0.25) is 0 Å². The van der Waals surface area contributed by atoms with Crippen LogP contribution in [0.3, 0.4) is 0 Å². The summed E-state index contributed by atoms with van der Waals surface area (Å²) < 4.78 is 11.8. The lowest BCUT2D eigenvalue weighted by molar-refractivity contribution is -0.0319. The quantitative estimate of drug-likeness (QED) is 0.856. The third kappa shape index (κ3) is 3.37. The van der Waals surface area contributed by atoms with Crippen LogP contribution < -0.4 is 5.32 Å². The number of fused-ring (bicyclic) bond motifs is 1. The summed E-state index contributed by atoms with van der Waals surface area (Å²) in [7, 11) is 1.93. The zero-order chi connectivity index (χ0) is 13.9. The molecule has 0 saturated heterocycles. The number of hydrogen-bond acceptors (Lipinski definition) is 3. The second kappa shape index (κ2) is 5.76. The van der Waals surface area contributed by atoms with Gasteiger partial charge in [0.2, 0.25) is 0 Å². The van der Waals surface area contributed by atoms with Crippen molar-refractivity contribution in [3.05, 3.63) is 36.1 Å². The van der Waals surface area contributed by atoms with Crippen molar-refractivity contribution in [2.45, 2.75) is 38.8 Å². The molecule has 19 heavy (non-hydrogen) atoms. The van der Waals surface area contributed by atoms with Gasteiger partial charge in [-0.25, -0.2) is 0 Å². The maximum Gasteiger partial charge on any atom is 0.134 e. The molecule has 3 nitrogen and oxygen atoms in total. The molecule has 104 valence electrons. The highest BCUT2D eigenvalue weighted by atomic mass is 16.5. The largest absolute Gasteiger partial charge is 0.459 e. The summed E-state index contributed by atoms with van der Waals surface area (Å²) in [5.41, 5.74) is 0.827. The van der Waals surface area contributed by atoms with E-state index in [0.717, 1.165) is 23.2 Å². The predicted octanol–water partition coefficient (Wildman–Crippen LogP) is 3.90. The van der Waals surface area contributed by atoms with Gasteiger partial charge in [0.25, 0.3) is 0 Å². The van der Waals surface area contributed by atoms with Gasteiger partial charge in [0.15, 0.2) is 0 Å². The molecule has 0 aliphatic carbocycles. The fourth-order valence-corrected chi connectivity index (χ4v) is 1.89.